The molecule has 0 aliphatic rings. The zero-order valence-corrected chi connectivity index (χ0v) is 5.37. The summed E-state index contributed by atoms with van der Waals surface area (Å²) in [7, 11) is -3.09. The van der Waals surface area contributed by atoms with Crippen LogP contribution in [-0.4, -0.2) is 22.1 Å². The van der Waals surface area contributed by atoms with E-state index in [4.69, 9.17) is 0 Å². The first-order valence-electron chi connectivity index (χ1n) is 1.99. The monoisotopic (exact) mass is 176 g/mol. The SMILES string of the molecule is O=COCS(=O)C(F)(F)F. The molecule has 0 fully saturated rings. The van der Waals surface area contributed by atoms with E-state index in [2.05, 4.69) is 4.74 Å². The van der Waals surface area contributed by atoms with Crippen molar-refractivity contribution < 1.29 is 26.9 Å². The third kappa shape index (κ3) is 3.44. The average molecular weight is 176 g/mol. The minimum Gasteiger partial charge on any atom is -0.454 e. The minimum absolute atomic E-state index is 0.191. The Hall–Kier alpha value is -0.590. The smallest absolute Gasteiger partial charge is 0.454 e. The first-order chi connectivity index (χ1) is 4.48. The summed E-state index contributed by atoms with van der Waals surface area (Å²) in [5.41, 5.74) is -4.80. The van der Waals surface area contributed by atoms with Crippen LogP contribution in [0.25, 0.3) is 0 Å². The fourth-order valence-corrected chi connectivity index (χ4v) is 0.469. The summed E-state index contributed by atoms with van der Waals surface area (Å²) in [5.74, 6) is -1.13. The molecule has 0 radical (unpaired) electrons. The van der Waals surface area contributed by atoms with Gasteiger partial charge in [0.05, 0.1) is 0 Å². The molecule has 0 aromatic rings. The lowest BCUT2D eigenvalue weighted by atomic mass is 11.5. The lowest BCUT2D eigenvalue weighted by molar-refractivity contribution is -0.127. The Morgan fingerprint density at radius 2 is 2.00 bits per heavy atom. The third-order valence-electron chi connectivity index (χ3n) is 0.501. The van der Waals surface area contributed by atoms with Crippen molar-refractivity contribution in [2.45, 2.75) is 5.51 Å². The molecule has 7 heteroatoms. The maximum absolute atomic E-state index is 11.3. The Morgan fingerprint density at radius 1 is 1.50 bits per heavy atom. The molecule has 0 aromatic heterocycles. The molecular formula is C3H3F3O3S. The van der Waals surface area contributed by atoms with Gasteiger partial charge in [0.2, 0.25) is 0 Å². The average Bonchev–Trinajstić information content (AvgIpc) is 1.80. The van der Waals surface area contributed by atoms with Crippen LogP contribution in [-0.2, 0) is 20.3 Å². The quantitative estimate of drug-likeness (QED) is 0.584. The number of carbonyl (C=O) groups excluding carboxylic acids is 1. The highest BCUT2D eigenvalue weighted by molar-refractivity contribution is 7.85. The Balaban J connectivity index is 3.74. The molecule has 0 aromatic carbocycles. The van der Waals surface area contributed by atoms with E-state index in [1.54, 1.807) is 0 Å². The van der Waals surface area contributed by atoms with Gasteiger partial charge in [-0.3, -0.25) is 4.79 Å². The predicted molar refractivity (Wildman–Crippen MR) is 26.2 cm³/mol. The maximum Gasteiger partial charge on any atom is 0.474 e. The molecule has 0 saturated carbocycles. The second-order valence-electron chi connectivity index (χ2n) is 1.17. The summed E-state index contributed by atoms with van der Waals surface area (Å²) in [6, 6.07) is 0. The summed E-state index contributed by atoms with van der Waals surface area (Å²) < 4.78 is 47.4. The predicted octanol–water partition coefficient (Wildman–Crippen LogP) is 0.385. The van der Waals surface area contributed by atoms with Crippen LogP contribution in [0.4, 0.5) is 13.2 Å². The highest BCUT2D eigenvalue weighted by Crippen LogP contribution is 2.19. The molecule has 0 aliphatic heterocycles. The van der Waals surface area contributed by atoms with E-state index < -0.39 is 22.2 Å². The van der Waals surface area contributed by atoms with Crippen LogP contribution in [0.15, 0.2) is 0 Å². The van der Waals surface area contributed by atoms with Crippen molar-refractivity contribution in [3.05, 3.63) is 0 Å². The van der Waals surface area contributed by atoms with Crippen molar-refractivity contribution in [3.8, 4) is 0 Å². The Morgan fingerprint density at radius 3 is 2.30 bits per heavy atom. The number of carbonyl (C=O) groups is 1. The second-order valence-corrected chi connectivity index (χ2v) is 2.56. The highest BCUT2D eigenvalue weighted by atomic mass is 32.2. The van der Waals surface area contributed by atoms with Crippen molar-refractivity contribution >= 4 is 17.3 Å². The molecule has 1 unspecified atom stereocenters. The zero-order chi connectivity index (χ0) is 8.20. The molecule has 0 rings (SSSR count). The molecule has 60 valence electrons. The maximum atomic E-state index is 11.3. The van der Waals surface area contributed by atoms with Gasteiger partial charge in [0.25, 0.3) is 6.47 Å². The van der Waals surface area contributed by atoms with Gasteiger partial charge in [0.15, 0.2) is 16.7 Å². The number of alkyl halides is 3. The highest BCUT2D eigenvalue weighted by Gasteiger charge is 2.37. The minimum atomic E-state index is -4.80. The van der Waals surface area contributed by atoms with E-state index in [0.717, 1.165) is 0 Å². The molecule has 0 heterocycles. The van der Waals surface area contributed by atoms with Gasteiger partial charge in [-0.05, 0) is 0 Å². The lowest BCUT2D eigenvalue weighted by Crippen LogP contribution is -2.20. The molecule has 0 aliphatic carbocycles. The molecular weight excluding hydrogens is 173 g/mol. The first-order valence-corrected chi connectivity index (χ1v) is 3.31. The largest absolute Gasteiger partial charge is 0.474 e. The summed E-state index contributed by atoms with van der Waals surface area (Å²) in [6.07, 6.45) is 0. The van der Waals surface area contributed by atoms with Gasteiger partial charge < -0.3 is 4.74 Å². The Labute approximate surface area is 56.6 Å². The molecule has 3 nitrogen and oxygen atoms in total. The number of halogens is 3. The van der Waals surface area contributed by atoms with E-state index >= 15 is 0 Å². The van der Waals surface area contributed by atoms with Gasteiger partial charge in [0, 0.05) is 0 Å². The molecule has 1 atom stereocenters. The van der Waals surface area contributed by atoms with Crippen molar-refractivity contribution in [1.29, 1.82) is 0 Å². The fourth-order valence-electron chi connectivity index (χ4n) is 0.156. The topological polar surface area (TPSA) is 43.4 Å². The molecule has 0 spiro atoms. The molecule has 10 heavy (non-hydrogen) atoms. The van der Waals surface area contributed by atoms with Crippen LogP contribution in [0.5, 0.6) is 0 Å². The first kappa shape index (κ1) is 9.41. The number of ether oxygens (including phenoxy) is 1. The van der Waals surface area contributed by atoms with Crippen molar-refractivity contribution in [3.63, 3.8) is 0 Å². The van der Waals surface area contributed by atoms with E-state index in [1.165, 1.54) is 0 Å². The Bertz CT molecular complexity index is 142. The van der Waals surface area contributed by atoms with Crippen LogP contribution in [0, 0.1) is 0 Å². The molecule has 0 saturated heterocycles. The van der Waals surface area contributed by atoms with Gasteiger partial charge in [0.1, 0.15) is 0 Å². The van der Waals surface area contributed by atoms with E-state index in [-0.39, 0.29) is 6.47 Å². The van der Waals surface area contributed by atoms with Crippen molar-refractivity contribution in [2.75, 3.05) is 5.94 Å². The van der Waals surface area contributed by atoms with Crippen LogP contribution in [0.3, 0.4) is 0 Å². The summed E-state index contributed by atoms with van der Waals surface area (Å²) in [4.78, 5) is 9.31. The molecule has 0 amide bonds. The van der Waals surface area contributed by atoms with E-state index in [0.29, 0.717) is 0 Å². The Kier molecular flexibility index (Phi) is 3.34. The molecule has 0 N–H and O–H groups in total. The van der Waals surface area contributed by atoms with Gasteiger partial charge in [-0.1, -0.05) is 0 Å². The van der Waals surface area contributed by atoms with Crippen LogP contribution >= 0.6 is 0 Å². The second kappa shape index (κ2) is 3.55. The normalized spacial score (nSPS) is 14.3. The van der Waals surface area contributed by atoms with Crippen molar-refractivity contribution in [2.24, 2.45) is 0 Å². The van der Waals surface area contributed by atoms with Crippen LogP contribution < -0.4 is 0 Å². The van der Waals surface area contributed by atoms with Crippen LogP contribution in [0.1, 0.15) is 0 Å². The number of hydrogen-bond donors (Lipinski definition) is 0. The number of hydrogen-bond acceptors (Lipinski definition) is 3. The van der Waals surface area contributed by atoms with Gasteiger partial charge in [-0.2, -0.15) is 13.2 Å². The lowest BCUT2D eigenvalue weighted by Gasteiger charge is -2.02. The van der Waals surface area contributed by atoms with Crippen LogP contribution in [0.2, 0.25) is 0 Å². The third-order valence-corrected chi connectivity index (χ3v) is 1.37. The van der Waals surface area contributed by atoms with E-state index in [9.17, 15) is 22.2 Å². The summed E-state index contributed by atoms with van der Waals surface area (Å²) in [5, 5.41) is 0. The fraction of sp³-hybridized carbons (Fsp3) is 0.667. The zero-order valence-electron chi connectivity index (χ0n) is 4.55. The van der Waals surface area contributed by atoms with Gasteiger partial charge in [-0.15, -0.1) is 0 Å². The van der Waals surface area contributed by atoms with E-state index in [1.807, 2.05) is 0 Å². The van der Waals surface area contributed by atoms with Gasteiger partial charge >= 0.3 is 5.51 Å². The standard InChI is InChI=1S/C3H3F3O3S/c4-3(5,6)10(8)2-9-1-7/h1H,2H2. The van der Waals surface area contributed by atoms with Crippen molar-refractivity contribution in [1.82, 2.24) is 0 Å². The molecule has 0 bridgehead atoms. The summed E-state index contributed by atoms with van der Waals surface area (Å²) >= 11 is 0. The van der Waals surface area contributed by atoms with Gasteiger partial charge in [-0.25, -0.2) is 4.21 Å². The summed E-state index contributed by atoms with van der Waals surface area (Å²) in [6.45, 7) is -0.191. The number of rotatable bonds is 3.